The van der Waals surface area contributed by atoms with Gasteiger partial charge in [0, 0.05) is 33.3 Å². The summed E-state index contributed by atoms with van der Waals surface area (Å²) in [5, 5.41) is 7.07. The van der Waals surface area contributed by atoms with Crippen molar-refractivity contribution in [1.82, 2.24) is 15.1 Å². The molecule has 2 aromatic rings. The van der Waals surface area contributed by atoms with Crippen molar-refractivity contribution in [2.75, 3.05) is 6.61 Å². The number of nitrogens with one attached hydrogen (secondary N) is 1. The highest BCUT2D eigenvalue weighted by Gasteiger charge is 2.52. The summed E-state index contributed by atoms with van der Waals surface area (Å²) in [5.41, 5.74) is 0.634. The molecule has 35 heavy (non-hydrogen) atoms. The Kier molecular flexibility index (Phi) is 8.35. The Morgan fingerprint density at radius 2 is 1.63 bits per heavy atom. The van der Waals surface area contributed by atoms with E-state index in [4.69, 9.17) is 35.6 Å². The van der Waals surface area contributed by atoms with Crippen LogP contribution in [0.15, 0.2) is 34.7 Å². The van der Waals surface area contributed by atoms with Crippen LogP contribution in [0.4, 0.5) is 0 Å². The lowest BCUT2D eigenvalue weighted by atomic mass is 9.95. The van der Waals surface area contributed by atoms with E-state index in [1.54, 1.807) is 24.3 Å². The van der Waals surface area contributed by atoms with Gasteiger partial charge in [-0.15, -0.1) is 5.10 Å². The van der Waals surface area contributed by atoms with Gasteiger partial charge in [-0.2, -0.15) is 4.68 Å². The minimum Gasteiger partial charge on any atom is -0.463 e. The van der Waals surface area contributed by atoms with Gasteiger partial charge in [-0.25, -0.2) is 0 Å². The van der Waals surface area contributed by atoms with Crippen LogP contribution >= 0.6 is 12.2 Å². The second-order valence-electron chi connectivity index (χ2n) is 7.73. The zero-order valence-electron chi connectivity index (χ0n) is 19.5. The molecule has 0 bridgehead atoms. The summed E-state index contributed by atoms with van der Waals surface area (Å²) in [6.45, 7) is 4.43. The average molecular weight is 508 g/mol. The van der Waals surface area contributed by atoms with Gasteiger partial charge < -0.3 is 28.7 Å². The van der Waals surface area contributed by atoms with Crippen molar-refractivity contribution in [2.24, 2.45) is 0 Å². The van der Waals surface area contributed by atoms with Gasteiger partial charge in [0.25, 0.3) is 4.84 Å². The molecule has 1 amide bonds. The summed E-state index contributed by atoms with van der Waals surface area (Å²) < 4.78 is 28.9. The monoisotopic (exact) mass is 507 g/mol. The van der Waals surface area contributed by atoms with E-state index in [-0.39, 0.29) is 17.3 Å². The molecule has 0 radical (unpaired) electrons. The number of carbonyl (C=O) groups is 4. The third-order valence-electron chi connectivity index (χ3n) is 4.92. The predicted octanol–water partition coefficient (Wildman–Crippen LogP) is 1.70. The zero-order chi connectivity index (χ0) is 25.7. The Morgan fingerprint density at radius 3 is 2.20 bits per heavy atom. The maximum atomic E-state index is 12.1. The van der Waals surface area contributed by atoms with Crippen molar-refractivity contribution in [3.63, 3.8) is 0 Å². The molecule has 2 heterocycles. The van der Waals surface area contributed by atoms with Crippen molar-refractivity contribution >= 4 is 36.0 Å². The molecule has 1 aliphatic heterocycles. The zero-order valence-corrected chi connectivity index (χ0v) is 20.3. The number of carbonyl (C=O) groups excluding carboxylic acids is 4. The van der Waals surface area contributed by atoms with Gasteiger partial charge in [-0.1, -0.05) is 18.2 Å². The molecule has 0 spiro atoms. The number of hydrogen-bond acceptors (Lipinski definition) is 11. The highest BCUT2D eigenvalue weighted by atomic mass is 32.1. The van der Waals surface area contributed by atoms with E-state index in [2.05, 4.69) is 10.4 Å². The topological polar surface area (TPSA) is 148 Å². The molecule has 12 nitrogen and oxygen atoms in total. The minimum atomic E-state index is -1.24. The molecule has 188 valence electrons. The summed E-state index contributed by atoms with van der Waals surface area (Å²) >= 11 is 5.35. The van der Waals surface area contributed by atoms with Crippen molar-refractivity contribution in [3.05, 3.63) is 35.2 Å². The van der Waals surface area contributed by atoms with E-state index in [1.165, 1.54) is 18.5 Å². The lowest BCUT2D eigenvalue weighted by molar-refractivity contribution is -0.239. The fourth-order valence-corrected chi connectivity index (χ4v) is 3.89. The maximum absolute atomic E-state index is 12.1. The SMILES string of the molecule is CC(=O)N[C@@H]1[C@H](OC(C)=O)[C@H](OC(C)=O)[C@@H](COC(C)=O)O[C@H]1n1nc(-c2ccccc2)oc1=S. The van der Waals surface area contributed by atoms with Crippen LogP contribution in [0.2, 0.25) is 0 Å². The Bertz CT molecular complexity index is 1150. The van der Waals surface area contributed by atoms with Crippen molar-refractivity contribution in [3.8, 4) is 11.5 Å². The van der Waals surface area contributed by atoms with E-state index in [0.29, 0.717) is 5.56 Å². The van der Waals surface area contributed by atoms with Crippen LogP contribution in [0.25, 0.3) is 11.5 Å². The number of nitrogens with zero attached hydrogens (tertiary/aromatic N) is 2. The van der Waals surface area contributed by atoms with Crippen molar-refractivity contribution in [2.45, 2.75) is 58.3 Å². The number of esters is 3. The van der Waals surface area contributed by atoms with Gasteiger partial charge in [-0.05, 0) is 24.4 Å². The van der Waals surface area contributed by atoms with E-state index >= 15 is 0 Å². The summed E-state index contributed by atoms with van der Waals surface area (Å²) in [5.74, 6) is -2.32. The van der Waals surface area contributed by atoms with Crippen LogP contribution in [0, 0.1) is 4.84 Å². The predicted molar refractivity (Wildman–Crippen MR) is 120 cm³/mol. The van der Waals surface area contributed by atoms with Gasteiger partial charge in [0.1, 0.15) is 18.8 Å². The summed E-state index contributed by atoms with van der Waals surface area (Å²) in [6.07, 6.45) is -4.73. The highest BCUT2D eigenvalue weighted by Crippen LogP contribution is 2.33. The lowest BCUT2D eigenvalue weighted by Crippen LogP contribution is -2.64. The van der Waals surface area contributed by atoms with Crippen molar-refractivity contribution < 1.29 is 42.5 Å². The van der Waals surface area contributed by atoms with E-state index < -0.39 is 54.4 Å². The molecule has 0 aliphatic carbocycles. The van der Waals surface area contributed by atoms with E-state index in [9.17, 15) is 19.2 Å². The first-order chi connectivity index (χ1) is 16.6. The number of aromatic nitrogens is 2. The second kappa shape index (κ2) is 11.2. The van der Waals surface area contributed by atoms with Crippen LogP contribution in [0.5, 0.6) is 0 Å². The maximum Gasteiger partial charge on any atom is 0.303 e. The number of hydrogen-bond donors (Lipinski definition) is 1. The number of ether oxygens (including phenoxy) is 4. The Hall–Kier alpha value is -3.58. The standard InChI is InChI=1S/C22H25N3O9S/c1-11(26)23-17-19(32-14(4)29)18(31-13(3)28)16(10-30-12(2)27)33-21(17)25-22(35)34-20(24-25)15-8-6-5-7-9-15/h5-9,16-19,21H,10H2,1-4H3,(H,23,26)/t16-,17-,18-,19+,21-/m1/s1. The van der Waals surface area contributed by atoms with E-state index in [0.717, 1.165) is 13.8 Å². The molecule has 1 aromatic heterocycles. The number of rotatable bonds is 7. The molecule has 1 aromatic carbocycles. The highest BCUT2D eigenvalue weighted by molar-refractivity contribution is 7.71. The van der Waals surface area contributed by atoms with Gasteiger partial charge in [0.05, 0.1) is 0 Å². The van der Waals surface area contributed by atoms with Crippen LogP contribution in [0.3, 0.4) is 0 Å². The Labute approximate surface area is 205 Å². The normalized spacial score (nSPS) is 23.7. The van der Waals surface area contributed by atoms with Crippen LogP contribution in [-0.2, 0) is 38.1 Å². The molecule has 1 N–H and O–H groups in total. The van der Waals surface area contributed by atoms with Gasteiger partial charge in [-0.3, -0.25) is 19.2 Å². The molecule has 0 saturated carbocycles. The van der Waals surface area contributed by atoms with Gasteiger partial charge >= 0.3 is 17.9 Å². The first-order valence-electron chi connectivity index (χ1n) is 10.6. The number of benzene rings is 1. The van der Waals surface area contributed by atoms with Gasteiger partial charge in [0.2, 0.25) is 11.8 Å². The number of amides is 1. The minimum absolute atomic E-state index is 0.0945. The summed E-state index contributed by atoms with van der Waals surface area (Å²) in [7, 11) is 0. The molecule has 1 fully saturated rings. The largest absolute Gasteiger partial charge is 0.463 e. The van der Waals surface area contributed by atoms with Crippen LogP contribution in [-0.4, -0.2) is 64.6 Å². The Morgan fingerprint density at radius 1 is 1.00 bits per heavy atom. The lowest BCUT2D eigenvalue weighted by Gasteiger charge is -2.44. The van der Waals surface area contributed by atoms with Crippen molar-refractivity contribution in [1.29, 1.82) is 0 Å². The molecule has 3 rings (SSSR count). The average Bonchev–Trinajstić information content (AvgIpc) is 3.16. The van der Waals surface area contributed by atoms with Crippen LogP contribution in [0.1, 0.15) is 33.9 Å². The van der Waals surface area contributed by atoms with Gasteiger partial charge in [0.15, 0.2) is 18.4 Å². The molecule has 5 atom stereocenters. The third kappa shape index (κ3) is 6.51. The quantitative estimate of drug-likeness (QED) is 0.332. The summed E-state index contributed by atoms with van der Waals surface area (Å²) in [6, 6.07) is 7.83. The fourth-order valence-electron chi connectivity index (χ4n) is 3.66. The molecular weight excluding hydrogens is 482 g/mol. The molecule has 0 unspecified atom stereocenters. The first kappa shape index (κ1) is 26.0. The Balaban J connectivity index is 2.10. The smallest absolute Gasteiger partial charge is 0.303 e. The fraction of sp³-hybridized carbons (Fsp3) is 0.455. The van der Waals surface area contributed by atoms with E-state index in [1.807, 2.05) is 6.07 Å². The van der Waals surface area contributed by atoms with Crippen LogP contribution < -0.4 is 5.32 Å². The second-order valence-corrected chi connectivity index (χ2v) is 8.08. The molecule has 1 saturated heterocycles. The molecule has 1 aliphatic rings. The third-order valence-corrected chi connectivity index (χ3v) is 5.19. The molecule has 13 heteroatoms. The molecular formula is C22H25N3O9S. The first-order valence-corrected chi connectivity index (χ1v) is 11.0. The summed E-state index contributed by atoms with van der Waals surface area (Å²) in [4.78, 5) is 47.3.